The van der Waals surface area contributed by atoms with Crippen LogP contribution in [0.1, 0.15) is 133 Å². The summed E-state index contributed by atoms with van der Waals surface area (Å²) in [7, 11) is 0. The van der Waals surface area contributed by atoms with Gasteiger partial charge in [0.1, 0.15) is 11.5 Å². The van der Waals surface area contributed by atoms with Crippen molar-refractivity contribution in [3.05, 3.63) is 57.6 Å². The Bertz CT molecular complexity index is 1050. The summed E-state index contributed by atoms with van der Waals surface area (Å²) in [5.41, 5.74) is 6.14. The fourth-order valence-corrected chi connectivity index (χ4v) is 5.39. The number of aromatic hydroxyl groups is 2. The van der Waals surface area contributed by atoms with Crippen molar-refractivity contribution < 1.29 is 10.2 Å². The van der Waals surface area contributed by atoms with Crippen LogP contribution in [-0.4, -0.2) is 34.7 Å². The third-order valence-electron chi connectivity index (χ3n) is 7.98. The van der Waals surface area contributed by atoms with Crippen LogP contribution in [0.3, 0.4) is 0 Å². The SMILES string of the molecule is CC(C)CCc1cc(C=NC2CCCC2N=Cc2cc(CCC(C)C)cc(C(C)C)c2O)c(O)c(C(C)C)c1. The van der Waals surface area contributed by atoms with E-state index in [-0.39, 0.29) is 23.9 Å². The van der Waals surface area contributed by atoms with E-state index in [1.807, 2.05) is 12.4 Å². The van der Waals surface area contributed by atoms with E-state index in [0.29, 0.717) is 23.3 Å². The lowest BCUT2D eigenvalue weighted by Crippen LogP contribution is -2.16. The largest absolute Gasteiger partial charge is 0.507 e. The molecule has 1 saturated carbocycles. The molecule has 1 aliphatic carbocycles. The summed E-state index contributed by atoms with van der Waals surface area (Å²) in [5, 5.41) is 22.0. The van der Waals surface area contributed by atoms with E-state index in [1.165, 1.54) is 11.1 Å². The van der Waals surface area contributed by atoms with Crippen LogP contribution < -0.4 is 0 Å². The molecule has 1 fully saturated rings. The summed E-state index contributed by atoms with van der Waals surface area (Å²) in [4.78, 5) is 9.92. The Morgan fingerprint density at radius 3 is 1.38 bits per heavy atom. The molecule has 0 spiro atoms. The number of rotatable bonds is 12. The van der Waals surface area contributed by atoms with Gasteiger partial charge in [0.2, 0.25) is 0 Å². The highest BCUT2D eigenvalue weighted by atomic mass is 16.3. The average Bonchev–Trinajstić information content (AvgIpc) is 3.32. The number of hydrogen-bond donors (Lipinski definition) is 2. The van der Waals surface area contributed by atoms with Crippen LogP contribution in [0.4, 0.5) is 0 Å². The highest BCUT2D eigenvalue weighted by molar-refractivity contribution is 5.86. The fraction of sp³-hybridized carbons (Fsp3) is 0.600. The summed E-state index contributed by atoms with van der Waals surface area (Å²) >= 11 is 0. The zero-order chi connectivity index (χ0) is 28.7. The van der Waals surface area contributed by atoms with Crippen molar-refractivity contribution in [1.29, 1.82) is 0 Å². The number of hydrogen-bond acceptors (Lipinski definition) is 4. The van der Waals surface area contributed by atoms with Gasteiger partial charge in [-0.05, 0) is 103 Å². The number of aryl methyl sites for hydroxylation is 2. The third-order valence-corrected chi connectivity index (χ3v) is 7.98. The molecule has 0 aromatic heterocycles. The lowest BCUT2D eigenvalue weighted by atomic mass is 9.93. The molecule has 4 heteroatoms. The number of benzene rings is 2. The van der Waals surface area contributed by atoms with E-state index in [2.05, 4.69) is 79.7 Å². The smallest absolute Gasteiger partial charge is 0.127 e. The summed E-state index contributed by atoms with van der Waals surface area (Å²) in [6, 6.07) is 8.70. The van der Waals surface area contributed by atoms with Gasteiger partial charge in [-0.25, -0.2) is 0 Å². The molecular formula is C35H52N2O2. The van der Waals surface area contributed by atoms with E-state index in [9.17, 15) is 10.2 Å². The molecule has 2 N–H and O–H groups in total. The molecule has 4 nitrogen and oxygen atoms in total. The normalized spacial score (nSPS) is 18.3. The van der Waals surface area contributed by atoms with Gasteiger partial charge in [0.15, 0.2) is 0 Å². The first-order valence-corrected chi connectivity index (χ1v) is 15.2. The average molecular weight is 533 g/mol. The summed E-state index contributed by atoms with van der Waals surface area (Å²) in [6.07, 6.45) is 11.1. The minimum Gasteiger partial charge on any atom is -0.507 e. The first-order chi connectivity index (χ1) is 18.5. The van der Waals surface area contributed by atoms with Crippen molar-refractivity contribution in [3.8, 4) is 11.5 Å². The van der Waals surface area contributed by atoms with Gasteiger partial charge >= 0.3 is 0 Å². The Kier molecular flexibility index (Phi) is 11.2. The fourth-order valence-electron chi connectivity index (χ4n) is 5.39. The molecule has 2 atom stereocenters. The predicted octanol–water partition coefficient (Wildman–Crippen LogP) is 8.98. The van der Waals surface area contributed by atoms with Gasteiger partial charge in [-0.2, -0.15) is 0 Å². The van der Waals surface area contributed by atoms with Gasteiger partial charge in [-0.15, -0.1) is 0 Å². The third kappa shape index (κ3) is 8.68. The summed E-state index contributed by atoms with van der Waals surface area (Å²) < 4.78 is 0. The zero-order valence-electron chi connectivity index (χ0n) is 25.7. The van der Waals surface area contributed by atoms with Crippen molar-refractivity contribution in [3.63, 3.8) is 0 Å². The number of aliphatic imine (C=N–C) groups is 2. The lowest BCUT2D eigenvalue weighted by Gasteiger charge is -2.16. The lowest BCUT2D eigenvalue weighted by molar-refractivity contribution is 0.462. The van der Waals surface area contributed by atoms with E-state index < -0.39 is 0 Å². The van der Waals surface area contributed by atoms with Gasteiger partial charge in [0.25, 0.3) is 0 Å². The first-order valence-electron chi connectivity index (χ1n) is 15.2. The topological polar surface area (TPSA) is 65.2 Å². The highest BCUT2D eigenvalue weighted by Crippen LogP contribution is 2.33. The molecule has 0 radical (unpaired) electrons. The quantitative estimate of drug-likeness (QED) is 0.268. The van der Waals surface area contributed by atoms with Crippen molar-refractivity contribution in [1.82, 2.24) is 0 Å². The molecule has 0 heterocycles. The van der Waals surface area contributed by atoms with Gasteiger partial charge < -0.3 is 10.2 Å². The molecule has 214 valence electrons. The number of phenolic OH excluding ortho intramolecular Hbond substituents is 2. The molecular weight excluding hydrogens is 480 g/mol. The van der Waals surface area contributed by atoms with Crippen LogP contribution in [0.25, 0.3) is 0 Å². The van der Waals surface area contributed by atoms with E-state index in [0.717, 1.165) is 67.2 Å². The summed E-state index contributed by atoms with van der Waals surface area (Å²) in [6.45, 7) is 17.5. The van der Waals surface area contributed by atoms with Gasteiger partial charge in [-0.1, -0.05) is 67.5 Å². The first kappa shape index (κ1) is 30.9. The second kappa shape index (κ2) is 14.1. The van der Waals surface area contributed by atoms with Crippen molar-refractivity contribution in [2.45, 2.75) is 124 Å². The van der Waals surface area contributed by atoms with E-state index in [1.54, 1.807) is 0 Å². The highest BCUT2D eigenvalue weighted by Gasteiger charge is 2.26. The van der Waals surface area contributed by atoms with Crippen molar-refractivity contribution >= 4 is 12.4 Å². The molecule has 2 aromatic carbocycles. The van der Waals surface area contributed by atoms with Gasteiger partial charge in [0, 0.05) is 23.6 Å². The predicted molar refractivity (Wildman–Crippen MR) is 167 cm³/mol. The zero-order valence-corrected chi connectivity index (χ0v) is 25.7. The Hall–Kier alpha value is -2.62. The molecule has 1 aliphatic rings. The number of phenols is 2. The number of nitrogens with zero attached hydrogens (tertiary/aromatic N) is 2. The molecule has 0 saturated heterocycles. The van der Waals surface area contributed by atoms with Crippen LogP contribution in [0.5, 0.6) is 11.5 Å². The molecule has 2 aromatic rings. The van der Waals surface area contributed by atoms with Crippen LogP contribution in [0, 0.1) is 11.8 Å². The maximum absolute atomic E-state index is 11.0. The summed E-state index contributed by atoms with van der Waals surface area (Å²) in [5.74, 6) is 2.48. The molecule has 0 aliphatic heterocycles. The minimum atomic E-state index is 0.0818. The maximum atomic E-state index is 11.0. The Morgan fingerprint density at radius 2 is 1.05 bits per heavy atom. The minimum absolute atomic E-state index is 0.0818. The Morgan fingerprint density at radius 1 is 0.667 bits per heavy atom. The van der Waals surface area contributed by atoms with E-state index in [4.69, 9.17) is 9.98 Å². The Labute approximate surface area is 237 Å². The molecule has 2 unspecified atom stereocenters. The molecule has 3 rings (SSSR count). The van der Waals surface area contributed by atoms with Crippen LogP contribution >= 0.6 is 0 Å². The molecule has 0 amide bonds. The second-order valence-corrected chi connectivity index (χ2v) is 13.0. The molecule has 39 heavy (non-hydrogen) atoms. The van der Waals surface area contributed by atoms with E-state index >= 15 is 0 Å². The Balaban J connectivity index is 1.84. The van der Waals surface area contributed by atoms with Crippen LogP contribution in [0.2, 0.25) is 0 Å². The molecule has 0 bridgehead atoms. The van der Waals surface area contributed by atoms with Crippen molar-refractivity contribution in [2.24, 2.45) is 21.8 Å². The standard InChI is InChI=1S/C35H52N2O2/c1-22(2)12-14-26-16-28(34(38)30(18-26)24(5)6)20-36-32-10-9-11-33(32)37-21-29-17-27(15-13-23(3)4)19-31(25(7)8)35(29)39/h16-25,32-33,38-39H,9-15H2,1-8H3. The van der Waals surface area contributed by atoms with Crippen LogP contribution in [0.15, 0.2) is 34.3 Å². The van der Waals surface area contributed by atoms with Crippen molar-refractivity contribution in [2.75, 3.05) is 0 Å². The maximum Gasteiger partial charge on any atom is 0.127 e. The monoisotopic (exact) mass is 532 g/mol. The second-order valence-electron chi connectivity index (χ2n) is 13.0. The van der Waals surface area contributed by atoms with Gasteiger partial charge in [-0.3, -0.25) is 9.98 Å². The van der Waals surface area contributed by atoms with Crippen LogP contribution in [-0.2, 0) is 12.8 Å². The van der Waals surface area contributed by atoms with Gasteiger partial charge in [0.05, 0.1) is 12.1 Å².